The number of ether oxygens (including phenoxy) is 1. The molecule has 1 N–H and O–H groups in total. The van der Waals surface area contributed by atoms with Gasteiger partial charge in [-0.1, -0.05) is 32.1 Å². The standard InChI is InChI=1S/C27H29FN4O2/c1-26-10-11-27(2,16-26)25(28)21(15-26)32(3)23-8-7-20(30-31-23)19-6-5-17(13-22(19)33)18-9-12-29-24(14-18)34-4/h5-14,21,25,33H,15-16H2,1-4H3/t21-,25-,26-,27-/m1/s1. The Kier molecular flexibility index (Phi) is 5.30. The van der Waals surface area contributed by atoms with E-state index in [1.807, 2.05) is 55.3 Å². The van der Waals surface area contributed by atoms with Crippen LogP contribution in [-0.2, 0) is 0 Å². The molecule has 3 aromatic rings. The van der Waals surface area contributed by atoms with E-state index in [1.165, 1.54) is 0 Å². The molecule has 2 aliphatic rings. The topological polar surface area (TPSA) is 71.4 Å². The van der Waals surface area contributed by atoms with Gasteiger partial charge >= 0.3 is 0 Å². The van der Waals surface area contributed by atoms with Crippen LogP contribution in [0.2, 0.25) is 0 Å². The number of halogens is 1. The molecule has 176 valence electrons. The maximum atomic E-state index is 15.5. The maximum absolute atomic E-state index is 15.5. The molecule has 2 heterocycles. The fraction of sp³-hybridized carbons (Fsp3) is 0.370. The van der Waals surface area contributed by atoms with E-state index >= 15 is 4.39 Å². The van der Waals surface area contributed by atoms with Gasteiger partial charge in [-0.05, 0) is 59.7 Å². The molecule has 0 aliphatic heterocycles. The van der Waals surface area contributed by atoms with Gasteiger partial charge in [0.25, 0.3) is 0 Å². The van der Waals surface area contributed by atoms with Gasteiger partial charge in [-0.3, -0.25) is 0 Å². The fourth-order valence-corrected chi connectivity index (χ4v) is 5.52. The van der Waals surface area contributed by atoms with E-state index in [2.05, 4.69) is 34.3 Å². The number of phenolic OH excluding ortho intramolecular Hbond substituents is 1. The predicted octanol–water partition coefficient (Wildman–Crippen LogP) is 5.44. The average Bonchev–Trinajstić information content (AvgIpc) is 3.12. The minimum Gasteiger partial charge on any atom is -0.507 e. The number of anilines is 1. The average molecular weight is 461 g/mol. The lowest BCUT2D eigenvalue weighted by Crippen LogP contribution is -2.52. The van der Waals surface area contributed by atoms with Crippen LogP contribution < -0.4 is 9.64 Å². The second-order valence-corrected chi connectivity index (χ2v) is 10.0. The molecular formula is C27H29FN4O2. The Bertz CT molecular complexity index is 1250. The number of fused-ring (bicyclic) bond motifs is 2. The third-order valence-electron chi connectivity index (χ3n) is 7.35. The Balaban J connectivity index is 1.37. The van der Waals surface area contributed by atoms with Crippen LogP contribution in [0.3, 0.4) is 0 Å². The van der Waals surface area contributed by atoms with E-state index in [0.29, 0.717) is 23.0 Å². The number of aromatic nitrogens is 3. The number of benzene rings is 1. The number of hydrogen-bond acceptors (Lipinski definition) is 6. The second kappa shape index (κ2) is 8.08. The zero-order valence-electron chi connectivity index (χ0n) is 19.9. The minimum absolute atomic E-state index is 0.00993. The summed E-state index contributed by atoms with van der Waals surface area (Å²) in [4.78, 5) is 6.02. The molecule has 0 unspecified atom stereocenters. The third kappa shape index (κ3) is 3.79. The van der Waals surface area contributed by atoms with Crippen LogP contribution in [0.5, 0.6) is 11.6 Å². The second-order valence-electron chi connectivity index (χ2n) is 10.0. The first-order chi connectivity index (χ1) is 16.2. The molecule has 4 atom stereocenters. The van der Waals surface area contributed by atoms with Crippen molar-refractivity contribution in [3.63, 3.8) is 0 Å². The maximum Gasteiger partial charge on any atom is 0.213 e. The van der Waals surface area contributed by atoms with E-state index in [1.54, 1.807) is 19.4 Å². The summed E-state index contributed by atoms with van der Waals surface area (Å²) in [5, 5.41) is 19.4. The summed E-state index contributed by atoms with van der Waals surface area (Å²) in [6.07, 6.45) is 6.50. The smallest absolute Gasteiger partial charge is 0.213 e. The molecule has 1 fully saturated rings. The SMILES string of the molecule is COc1cc(-c2ccc(-c3ccc(N(C)[C@@H]4C[C@@]5(C)C=C[C@](C)(C5)[C@@H]4F)nn3)c(O)c2)ccn1. The summed E-state index contributed by atoms with van der Waals surface area (Å²) in [6, 6.07) is 12.5. The monoisotopic (exact) mass is 460 g/mol. The van der Waals surface area contributed by atoms with Gasteiger partial charge in [-0.2, -0.15) is 0 Å². The van der Waals surface area contributed by atoms with Gasteiger partial charge in [0.05, 0.1) is 18.8 Å². The number of nitrogens with zero attached hydrogens (tertiary/aromatic N) is 4. The van der Waals surface area contributed by atoms with Gasteiger partial charge in [-0.15, -0.1) is 10.2 Å². The zero-order valence-corrected chi connectivity index (χ0v) is 19.9. The lowest BCUT2D eigenvalue weighted by molar-refractivity contribution is 0.0547. The van der Waals surface area contributed by atoms with Crippen LogP contribution in [0.15, 0.2) is 60.8 Å². The van der Waals surface area contributed by atoms with Gasteiger partial charge in [0.15, 0.2) is 5.82 Å². The number of phenols is 1. The first-order valence-electron chi connectivity index (χ1n) is 11.5. The first-order valence-corrected chi connectivity index (χ1v) is 11.5. The van der Waals surface area contributed by atoms with Gasteiger partial charge in [0.2, 0.25) is 5.88 Å². The summed E-state index contributed by atoms with van der Waals surface area (Å²) in [5.41, 5.74) is 2.42. The number of alkyl halides is 1. The summed E-state index contributed by atoms with van der Waals surface area (Å²) in [7, 11) is 3.45. The summed E-state index contributed by atoms with van der Waals surface area (Å²) in [5.74, 6) is 1.22. The lowest BCUT2D eigenvalue weighted by Gasteiger charge is -2.46. The molecule has 0 saturated heterocycles. The van der Waals surface area contributed by atoms with Crippen molar-refractivity contribution in [2.24, 2.45) is 10.8 Å². The molecule has 1 saturated carbocycles. The molecule has 7 heteroatoms. The van der Waals surface area contributed by atoms with E-state index < -0.39 is 11.6 Å². The molecule has 5 rings (SSSR count). The lowest BCUT2D eigenvalue weighted by atomic mass is 9.66. The number of aromatic hydroxyl groups is 1. The molecular weight excluding hydrogens is 431 g/mol. The summed E-state index contributed by atoms with van der Waals surface area (Å²) < 4.78 is 20.7. The zero-order chi connectivity index (χ0) is 24.1. The van der Waals surface area contributed by atoms with Crippen molar-refractivity contribution in [1.82, 2.24) is 15.2 Å². The highest BCUT2D eigenvalue weighted by atomic mass is 19.1. The molecule has 2 aromatic heterocycles. The van der Waals surface area contributed by atoms with Crippen LogP contribution in [0.4, 0.5) is 10.2 Å². The molecule has 0 radical (unpaired) electrons. The van der Waals surface area contributed by atoms with Gasteiger partial charge in [0, 0.05) is 30.3 Å². The Hall–Kier alpha value is -3.48. The van der Waals surface area contributed by atoms with Crippen molar-refractivity contribution in [2.75, 3.05) is 19.1 Å². The van der Waals surface area contributed by atoms with E-state index in [9.17, 15) is 5.11 Å². The van der Waals surface area contributed by atoms with Crippen LogP contribution in [-0.4, -0.2) is 46.7 Å². The van der Waals surface area contributed by atoms with Crippen LogP contribution in [0.25, 0.3) is 22.4 Å². The highest BCUT2D eigenvalue weighted by Crippen LogP contribution is 2.55. The molecule has 2 aliphatic carbocycles. The Morgan fingerprint density at radius 2 is 1.85 bits per heavy atom. The van der Waals surface area contributed by atoms with Gasteiger partial charge < -0.3 is 14.7 Å². The van der Waals surface area contributed by atoms with Crippen molar-refractivity contribution < 1.29 is 14.2 Å². The van der Waals surface area contributed by atoms with Crippen molar-refractivity contribution >= 4 is 5.82 Å². The fourth-order valence-electron chi connectivity index (χ4n) is 5.52. The minimum atomic E-state index is -0.978. The van der Waals surface area contributed by atoms with E-state index in [0.717, 1.165) is 24.0 Å². The highest BCUT2D eigenvalue weighted by molar-refractivity contribution is 5.74. The van der Waals surface area contributed by atoms with E-state index in [-0.39, 0.29) is 17.2 Å². The number of allylic oxidation sites excluding steroid dienone is 2. The molecule has 6 nitrogen and oxygen atoms in total. The summed E-state index contributed by atoms with van der Waals surface area (Å²) >= 11 is 0. The van der Waals surface area contributed by atoms with Crippen molar-refractivity contribution in [3.05, 3.63) is 60.8 Å². The van der Waals surface area contributed by atoms with Gasteiger partial charge in [-0.25, -0.2) is 9.37 Å². The van der Waals surface area contributed by atoms with E-state index in [4.69, 9.17) is 4.74 Å². The molecule has 0 spiro atoms. The Morgan fingerprint density at radius 3 is 2.56 bits per heavy atom. The molecule has 34 heavy (non-hydrogen) atoms. The van der Waals surface area contributed by atoms with Gasteiger partial charge in [0.1, 0.15) is 11.9 Å². The first kappa shape index (κ1) is 22.3. The van der Waals surface area contributed by atoms with Crippen LogP contribution in [0, 0.1) is 10.8 Å². The van der Waals surface area contributed by atoms with Crippen LogP contribution in [0.1, 0.15) is 26.7 Å². The number of pyridine rings is 1. The largest absolute Gasteiger partial charge is 0.507 e. The molecule has 0 amide bonds. The molecule has 2 bridgehead atoms. The highest BCUT2D eigenvalue weighted by Gasteiger charge is 2.53. The normalized spacial score (nSPS) is 27.6. The quantitative estimate of drug-likeness (QED) is 0.512. The Morgan fingerprint density at radius 1 is 1.06 bits per heavy atom. The third-order valence-corrected chi connectivity index (χ3v) is 7.35. The summed E-state index contributed by atoms with van der Waals surface area (Å²) in [6.45, 7) is 4.20. The number of methoxy groups -OCH3 is 1. The van der Waals surface area contributed by atoms with Crippen molar-refractivity contribution in [1.29, 1.82) is 0 Å². The van der Waals surface area contributed by atoms with Crippen LogP contribution >= 0.6 is 0 Å². The van der Waals surface area contributed by atoms with Crippen molar-refractivity contribution in [3.8, 4) is 34.0 Å². The molecule has 1 aromatic carbocycles. The predicted molar refractivity (Wildman–Crippen MR) is 131 cm³/mol. The number of hydrogen-bond donors (Lipinski definition) is 1. The van der Waals surface area contributed by atoms with Crippen molar-refractivity contribution in [2.45, 2.75) is 38.9 Å². The Labute approximate surface area is 199 Å². The number of rotatable bonds is 5.